The zero-order chi connectivity index (χ0) is 18.0. The molecule has 3 aromatic rings. The van der Waals surface area contributed by atoms with Gasteiger partial charge in [0.15, 0.2) is 0 Å². The molecule has 0 fully saturated rings. The summed E-state index contributed by atoms with van der Waals surface area (Å²) in [4.78, 5) is 15.5. The molecule has 25 heavy (non-hydrogen) atoms. The van der Waals surface area contributed by atoms with Gasteiger partial charge in [-0.2, -0.15) is 0 Å². The predicted molar refractivity (Wildman–Crippen MR) is 98.1 cm³/mol. The number of primary amides is 1. The SMILES string of the molecule is Cc1nc(-c2ccc(NS(=O)(=O)c3ccc(C(N)=O)cc3)cc2)cs1. The van der Waals surface area contributed by atoms with Gasteiger partial charge >= 0.3 is 0 Å². The van der Waals surface area contributed by atoms with Crippen molar-refractivity contribution < 1.29 is 13.2 Å². The van der Waals surface area contributed by atoms with Crippen LogP contribution in [0.5, 0.6) is 0 Å². The minimum absolute atomic E-state index is 0.0525. The van der Waals surface area contributed by atoms with Gasteiger partial charge in [0.1, 0.15) is 0 Å². The number of hydrogen-bond donors (Lipinski definition) is 2. The first-order valence-electron chi connectivity index (χ1n) is 7.30. The van der Waals surface area contributed by atoms with Gasteiger partial charge in [-0.3, -0.25) is 9.52 Å². The summed E-state index contributed by atoms with van der Waals surface area (Å²) in [6.45, 7) is 1.93. The highest BCUT2D eigenvalue weighted by Gasteiger charge is 2.15. The third-order valence-corrected chi connectivity index (χ3v) is 5.67. The molecule has 1 amide bonds. The predicted octanol–water partition coefficient (Wildman–Crippen LogP) is 3.02. The first-order chi connectivity index (χ1) is 11.8. The van der Waals surface area contributed by atoms with Crippen LogP contribution in [0.3, 0.4) is 0 Å². The Morgan fingerprint density at radius 1 is 1.08 bits per heavy atom. The molecule has 0 unspecified atom stereocenters. The molecule has 0 aliphatic rings. The molecule has 3 rings (SSSR count). The van der Waals surface area contributed by atoms with E-state index in [2.05, 4.69) is 9.71 Å². The number of aromatic nitrogens is 1. The number of anilines is 1. The summed E-state index contributed by atoms with van der Waals surface area (Å²) in [6, 6.07) is 12.4. The van der Waals surface area contributed by atoms with Gasteiger partial charge < -0.3 is 5.73 Å². The molecule has 0 atom stereocenters. The maximum absolute atomic E-state index is 12.4. The van der Waals surface area contributed by atoms with Crippen molar-refractivity contribution in [3.63, 3.8) is 0 Å². The smallest absolute Gasteiger partial charge is 0.261 e. The molecule has 128 valence electrons. The van der Waals surface area contributed by atoms with E-state index in [1.807, 2.05) is 24.4 Å². The first-order valence-corrected chi connectivity index (χ1v) is 9.67. The molecular weight excluding hydrogens is 358 g/mol. The van der Waals surface area contributed by atoms with E-state index < -0.39 is 15.9 Å². The lowest BCUT2D eigenvalue weighted by atomic mass is 10.1. The monoisotopic (exact) mass is 373 g/mol. The van der Waals surface area contributed by atoms with Crippen molar-refractivity contribution in [3.8, 4) is 11.3 Å². The van der Waals surface area contributed by atoms with Gasteiger partial charge in [0.25, 0.3) is 10.0 Å². The molecule has 1 heterocycles. The molecule has 0 aliphatic carbocycles. The fraction of sp³-hybridized carbons (Fsp3) is 0.0588. The Kier molecular flexibility index (Phi) is 4.56. The second kappa shape index (κ2) is 6.66. The van der Waals surface area contributed by atoms with Gasteiger partial charge in [-0.25, -0.2) is 13.4 Å². The van der Waals surface area contributed by atoms with Crippen LogP contribution < -0.4 is 10.5 Å². The number of amides is 1. The van der Waals surface area contributed by atoms with Crippen molar-refractivity contribution in [1.29, 1.82) is 0 Å². The molecule has 1 aromatic heterocycles. The number of carbonyl (C=O) groups is 1. The van der Waals surface area contributed by atoms with Gasteiger partial charge in [0, 0.05) is 22.2 Å². The molecule has 8 heteroatoms. The van der Waals surface area contributed by atoms with E-state index in [0.717, 1.165) is 16.3 Å². The van der Waals surface area contributed by atoms with Crippen LogP contribution in [0.1, 0.15) is 15.4 Å². The van der Waals surface area contributed by atoms with E-state index in [1.165, 1.54) is 24.3 Å². The highest BCUT2D eigenvalue weighted by Crippen LogP contribution is 2.24. The van der Waals surface area contributed by atoms with Crippen LogP contribution in [-0.2, 0) is 10.0 Å². The lowest BCUT2D eigenvalue weighted by Crippen LogP contribution is -2.14. The fourth-order valence-electron chi connectivity index (χ4n) is 2.22. The highest BCUT2D eigenvalue weighted by atomic mass is 32.2. The van der Waals surface area contributed by atoms with Gasteiger partial charge in [-0.15, -0.1) is 11.3 Å². The third-order valence-electron chi connectivity index (χ3n) is 3.50. The van der Waals surface area contributed by atoms with E-state index in [9.17, 15) is 13.2 Å². The number of hydrogen-bond acceptors (Lipinski definition) is 5. The summed E-state index contributed by atoms with van der Waals surface area (Å²) >= 11 is 1.56. The topological polar surface area (TPSA) is 102 Å². The van der Waals surface area contributed by atoms with Gasteiger partial charge in [-0.1, -0.05) is 12.1 Å². The molecule has 0 bridgehead atoms. The van der Waals surface area contributed by atoms with Crippen molar-refractivity contribution >= 4 is 33.0 Å². The van der Waals surface area contributed by atoms with Crippen LogP contribution >= 0.6 is 11.3 Å². The number of nitrogens with one attached hydrogen (secondary N) is 1. The van der Waals surface area contributed by atoms with Gasteiger partial charge in [0.05, 0.1) is 15.6 Å². The maximum Gasteiger partial charge on any atom is 0.261 e. The van der Waals surface area contributed by atoms with E-state index in [-0.39, 0.29) is 10.5 Å². The minimum atomic E-state index is -3.74. The average Bonchev–Trinajstić information content (AvgIpc) is 3.02. The van der Waals surface area contributed by atoms with Crippen LogP contribution in [0, 0.1) is 6.92 Å². The molecule has 0 saturated heterocycles. The first kappa shape index (κ1) is 17.1. The van der Waals surface area contributed by atoms with Crippen molar-refractivity contribution in [2.75, 3.05) is 4.72 Å². The summed E-state index contributed by atoms with van der Waals surface area (Å²) in [5.74, 6) is -0.607. The second-order valence-corrected chi connectivity index (χ2v) is 8.07. The normalized spacial score (nSPS) is 11.2. The lowest BCUT2D eigenvalue weighted by molar-refractivity contribution is 0.1000. The Balaban J connectivity index is 1.79. The van der Waals surface area contributed by atoms with Crippen LogP contribution in [-0.4, -0.2) is 19.3 Å². The number of nitrogens with zero attached hydrogens (tertiary/aromatic N) is 1. The largest absolute Gasteiger partial charge is 0.366 e. The number of thiazole rings is 1. The second-order valence-electron chi connectivity index (χ2n) is 5.32. The quantitative estimate of drug-likeness (QED) is 0.717. The summed E-state index contributed by atoms with van der Waals surface area (Å²) in [5, 5.41) is 2.92. The Labute approximate surface area is 149 Å². The van der Waals surface area contributed by atoms with Crippen molar-refractivity contribution in [2.24, 2.45) is 5.73 Å². The lowest BCUT2D eigenvalue weighted by Gasteiger charge is -2.09. The zero-order valence-electron chi connectivity index (χ0n) is 13.3. The molecule has 0 aliphatic heterocycles. The highest BCUT2D eigenvalue weighted by molar-refractivity contribution is 7.92. The van der Waals surface area contributed by atoms with E-state index in [4.69, 9.17) is 5.73 Å². The summed E-state index contributed by atoms with van der Waals surface area (Å²) in [6.07, 6.45) is 0. The van der Waals surface area contributed by atoms with Gasteiger partial charge in [-0.05, 0) is 43.3 Å². The number of nitrogens with two attached hydrogens (primary N) is 1. The standard InChI is InChI=1S/C17H15N3O3S2/c1-11-19-16(10-24-11)12-2-6-14(7-3-12)20-25(22,23)15-8-4-13(5-9-15)17(18)21/h2-10,20H,1H3,(H2,18,21). The summed E-state index contributed by atoms with van der Waals surface area (Å²) in [5.41, 5.74) is 7.62. The number of carbonyl (C=O) groups excluding carboxylic acids is 1. The van der Waals surface area contributed by atoms with Crippen LogP contribution in [0.4, 0.5) is 5.69 Å². The zero-order valence-corrected chi connectivity index (χ0v) is 14.9. The number of rotatable bonds is 5. The molecular formula is C17H15N3O3S2. The summed E-state index contributed by atoms with van der Waals surface area (Å²) in [7, 11) is -3.74. The Morgan fingerprint density at radius 2 is 1.72 bits per heavy atom. The molecule has 0 spiro atoms. The van der Waals surface area contributed by atoms with Crippen LogP contribution in [0.15, 0.2) is 58.8 Å². The fourth-order valence-corrected chi connectivity index (χ4v) is 3.90. The number of aryl methyl sites for hydroxylation is 1. The van der Waals surface area contributed by atoms with Crippen molar-refractivity contribution in [2.45, 2.75) is 11.8 Å². The minimum Gasteiger partial charge on any atom is -0.366 e. The molecule has 0 saturated carbocycles. The van der Waals surface area contributed by atoms with E-state index in [1.54, 1.807) is 23.5 Å². The summed E-state index contributed by atoms with van der Waals surface area (Å²) < 4.78 is 27.3. The van der Waals surface area contributed by atoms with Crippen molar-refractivity contribution in [3.05, 3.63) is 64.5 Å². The van der Waals surface area contributed by atoms with Crippen LogP contribution in [0.2, 0.25) is 0 Å². The third kappa shape index (κ3) is 3.86. The maximum atomic E-state index is 12.4. The van der Waals surface area contributed by atoms with E-state index >= 15 is 0 Å². The van der Waals surface area contributed by atoms with Gasteiger partial charge in [0.2, 0.25) is 5.91 Å². The average molecular weight is 373 g/mol. The van der Waals surface area contributed by atoms with Crippen molar-refractivity contribution in [1.82, 2.24) is 4.98 Å². The molecule has 6 nitrogen and oxygen atoms in total. The number of sulfonamides is 1. The molecule has 0 radical (unpaired) electrons. The Morgan fingerprint density at radius 3 is 2.24 bits per heavy atom. The van der Waals surface area contributed by atoms with E-state index in [0.29, 0.717) is 5.69 Å². The Hall–Kier alpha value is -2.71. The number of benzene rings is 2. The molecule has 3 N–H and O–H groups in total. The molecule has 2 aromatic carbocycles. The Bertz CT molecular complexity index is 1010. The van der Waals surface area contributed by atoms with Crippen LogP contribution in [0.25, 0.3) is 11.3 Å².